The van der Waals surface area contributed by atoms with Crippen molar-refractivity contribution in [2.45, 2.75) is 35.9 Å². The molecule has 1 heterocycles. The van der Waals surface area contributed by atoms with Crippen LogP contribution in [0.2, 0.25) is 5.02 Å². The van der Waals surface area contributed by atoms with E-state index in [1.807, 2.05) is 0 Å². The normalized spacial score (nSPS) is 12.6. The predicted octanol–water partition coefficient (Wildman–Crippen LogP) is 5.71. The first-order valence-electron chi connectivity index (χ1n) is 10.1. The quantitative estimate of drug-likeness (QED) is 0.345. The molecule has 0 spiro atoms. The van der Waals surface area contributed by atoms with Crippen molar-refractivity contribution in [3.8, 4) is 17.4 Å². The smallest absolute Gasteiger partial charge is 0.417 e. The third kappa shape index (κ3) is 6.23. The molecule has 0 bridgehead atoms. The lowest BCUT2D eigenvalue weighted by Gasteiger charge is -2.18. The number of alkyl halides is 3. The van der Waals surface area contributed by atoms with E-state index in [9.17, 15) is 26.4 Å². The van der Waals surface area contributed by atoms with Crippen LogP contribution >= 0.6 is 11.6 Å². The van der Waals surface area contributed by atoms with E-state index < -0.39 is 38.7 Å². The lowest BCUT2D eigenvalue weighted by atomic mass is 10.3. The number of nitrogens with zero attached hydrogens (tertiary/aromatic N) is 1. The number of carbonyl (C=O) groups excluding carboxylic acids is 1. The van der Waals surface area contributed by atoms with E-state index in [0.29, 0.717) is 12.3 Å². The van der Waals surface area contributed by atoms with E-state index in [2.05, 4.69) is 4.98 Å². The summed E-state index contributed by atoms with van der Waals surface area (Å²) >= 11 is 5.89. The van der Waals surface area contributed by atoms with E-state index in [1.165, 1.54) is 43.3 Å². The van der Waals surface area contributed by atoms with Gasteiger partial charge in [0.25, 0.3) is 0 Å². The Morgan fingerprint density at radius 1 is 1.11 bits per heavy atom. The molecule has 0 aliphatic carbocycles. The molecule has 1 unspecified atom stereocenters. The van der Waals surface area contributed by atoms with E-state index in [0.717, 1.165) is 6.07 Å². The molecule has 1 atom stereocenters. The number of hydrogen-bond donors (Lipinski definition) is 0. The molecule has 0 fully saturated rings. The van der Waals surface area contributed by atoms with E-state index in [4.69, 9.17) is 25.8 Å². The maximum Gasteiger partial charge on any atom is 0.417 e. The van der Waals surface area contributed by atoms with Crippen LogP contribution in [-0.4, -0.2) is 32.1 Å². The molecule has 2 aromatic carbocycles. The third-order valence-electron chi connectivity index (χ3n) is 4.53. The van der Waals surface area contributed by atoms with Crippen LogP contribution in [0.1, 0.15) is 19.4 Å². The molecular formula is C23H19ClF3NO6S. The Kier molecular flexibility index (Phi) is 7.91. The number of aromatic nitrogens is 1. The summed E-state index contributed by atoms with van der Waals surface area (Å²) < 4.78 is 81.2. The fourth-order valence-corrected chi connectivity index (χ4v) is 4.48. The number of pyridine rings is 1. The number of hydrogen-bond acceptors (Lipinski definition) is 7. The SMILES string of the molecule is CCOC(=O)C(C)Oc1ccc(Oc2ncc(C(F)(F)F)cc2Cl)cc1S(=O)(=O)c1ccccc1. The van der Waals surface area contributed by atoms with Gasteiger partial charge in [-0.2, -0.15) is 13.2 Å². The Morgan fingerprint density at radius 2 is 1.80 bits per heavy atom. The van der Waals surface area contributed by atoms with E-state index in [-0.39, 0.29) is 33.8 Å². The molecule has 0 radical (unpaired) electrons. The fraction of sp³-hybridized carbons (Fsp3) is 0.217. The Morgan fingerprint density at radius 3 is 2.40 bits per heavy atom. The second-order valence-electron chi connectivity index (χ2n) is 7.05. The van der Waals surface area contributed by atoms with Gasteiger partial charge in [0, 0.05) is 12.3 Å². The molecule has 0 saturated heterocycles. The molecule has 186 valence electrons. The fourth-order valence-electron chi connectivity index (χ4n) is 2.85. The molecule has 3 rings (SSSR count). The predicted molar refractivity (Wildman–Crippen MR) is 119 cm³/mol. The number of sulfone groups is 1. The van der Waals surface area contributed by atoms with Crippen LogP contribution in [0.4, 0.5) is 13.2 Å². The molecular weight excluding hydrogens is 511 g/mol. The lowest BCUT2D eigenvalue weighted by molar-refractivity contribution is -0.150. The minimum absolute atomic E-state index is 0.0588. The molecule has 1 aromatic heterocycles. The van der Waals surface area contributed by atoms with Crippen molar-refractivity contribution in [1.29, 1.82) is 0 Å². The summed E-state index contributed by atoms with van der Waals surface area (Å²) in [5, 5.41) is -0.427. The summed E-state index contributed by atoms with van der Waals surface area (Å²) in [5.41, 5.74) is -1.07. The van der Waals surface area contributed by atoms with Crippen LogP contribution in [0.3, 0.4) is 0 Å². The monoisotopic (exact) mass is 529 g/mol. The topological polar surface area (TPSA) is 91.8 Å². The summed E-state index contributed by atoms with van der Waals surface area (Å²) in [6.07, 6.45) is -5.24. The number of ether oxygens (including phenoxy) is 3. The molecule has 0 aliphatic rings. The highest BCUT2D eigenvalue weighted by atomic mass is 35.5. The first-order chi connectivity index (χ1) is 16.4. The van der Waals surface area contributed by atoms with Gasteiger partial charge in [-0.15, -0.1) is 0 Å². The minimum atomic E-state index is -4.65. The Hall–Kier alpha value is -3.31. The van der Waals surface area contributed by atoms with Crippen LogP contribution in [0, 0.1) is 0 Å². The number of halogens is 4. The second kappa shape index (κ2) is 10.5. The Bertz CT molecular complexity index is 1320. The largest absolute Gasteiger partial charge is 0.478 e. The number of benzene rings is 2. The van der Waals surface area contributed by atoms with Gasteiger partial charge >= 0.3 is 12.1 Å². The Balaban J connectivity index is 2.03. The zero-order chi connectivity index (χ0) is 25.8. The third-order valence-corrected chi connectivity index (χ3v) is 6.59. The maximum absolute atomic E-state index is 13.3. The van der Waals surface area contributed by atoms with Gasteiger partial charge in [0.2, 0.25) is 15.7 Å². The van der Waals surface area contributed by atoms with Gasteiger partial charge in [-0.25, -0.2) is 18.2 Å². The lowest BCUT2D eigenvalue weighted by Crippen LogP contribution is -2.26. The van der Waals surface area contributed by atoms with Gasteiger partial charge in [-0.1, -0.05) is 29.8 Å². The highest BCUT2D eigenvalue weighted by molar-refractivity contribution is 7.91. The zero-order valence-electron chi connectivity index (χ0n) is 18.4. The molecule has 12 heteroatoms. The first kappa shape index (κ1) is 26.3. The van der Waals surface area contributed by atoms with Gasteiger partial charge < -0.3 is 14.2 Å². The molecule has 0 amide bonds. The average Bonchev–Trinajstić information content (AvgIpc) is 2.81. The molecule has 0 aliphatic heterocycles. The van der Waals surface area contributed by atoms with Crippen molar-refractivity contribution >= 4 is 27.4 Å². The summed E-state index contributed by atoms with van der Waals surface area (Å²) in [6.45, 7) is 3.12. The van der Waals surface area contributed by atoms with Gasteiger partial charge in [0.05, 0.1) is 17.1 Å². The average molecular weight is 530 g/mol. The maximum atomic E-state index is 13.3. The van der Waals surface area contributed by atoms with Gasteiger partial charge in [0.15, 0.2) is 6.10 Å². The van der Waals surface area contributed by atoms with Crippen molar-refractivity contribution in [3.63, 3.8) is 0 Å². The van der Waals surface area contributed by atoms with Crippen molar-refractivity contribution in [2.75, 3.05) is 6.61 Å². The van der Waals surface area contributed by atoms with Gasteiger partial charge in [-0.05, 0) is 44.2 Å². The molecule has 3 aromatic rings. The van der Waals surface area contributed by atoms with Crippen LogP contribution in [0.25, 0.3) is 0 Å². The summed E-state index contributed by atoms with van der Waals surface area (Å²) in [5.74, 6) is -1.31. The van der Waals surface area contributed by atoms with Crippen LogP contribution < -0.4 is 9.47 Å². The molecule has 0 N–H and O–H groups in total. The van der Waals surface area contributed by atoms with Crippen molar-refractivity contribution in [2.24, 2.45) is 0 Å². The van der Waals surface area contributed by atoms with E-state index in [1.54, 1.807) is 13.0 Å². The highest BCUT2D eigenvalue weighted by Crippen LogP contribution is 2.37. The molecule has 35 heavy (non-hydrogen) atoms. The molecule has 0 saturated carbocycles. The number of esters is 1. The summed E-state index contributed by atoms with van der Waals surface area (Å²) in [4.78, 5) is 15.2. The van der Waals surface area contributed by atoms with Gasteiger partial charge in [0.1, 0.15) is 21.4 Å². The first-order valence-corrected chi connectivity index (χ1v) is 12.0. The van der Waals surface area contributed by atoms with E-state index >= 15 is 0 Å². The van der Waals surface area contributed by atoms with Crippen molar-refractivity contribution in [1.82, 2.24) is 4.98 Å². The van der Waals surface area contributed by atoms with Crippen LogP contribution in [0.5, 0.6) is 17.4 Å². The number of carbonyl (C=O) groups is 1. The highest BCUT2D eigenvalue weighted by Gasteiger charge is 2.32. The van der Waals surface area contributed by atoms with Crippen LogP contribution in [-0.2, 0) is 25.5 Å². The van der Waals surface area contributed by atoms with Gasteiger partial charge in [-0.3, -0.25) is 0 Å². The van der Waals surface area contributed by atoms with Crippen LogP contribution in [0.15, 0.2) is 70.6 Å². The second-order valence-corrected chi connectivity index (χ2v) is 9.37. The molecule has 7 nitrogen and oxygen atoms in total. The zero-order valence-corrected chi connectivity index (χ0v) is 19.9. The summed E-state index contributed by atoms with van der Waals surface area (Å²) in [6, 6.07) is 11.7. The number of rotatable bonds is 8. The Labute approximate surface area is 204 Å². The van der Waals surface area contributed by atoms with Crippen molar-refractivity contribution < 1.29 is 40.6 Å². The minimum Gasteiger partial charge on any atom is -0.478 e. The standard InChI is InChI=1S/C23H19ClF3NO6S/c1-3-32-22(29)14(2)33-19-10-9-16(12-20(19)35(30,31)17-7-5-4-6-8-17)34-21-18(24)11-15(13-28-21)23(25,26)27/h4-14H,3H2,1-2H3. The summed E-state index contributed by atoms with van der Waals surface area (Å²) in [7, 11) is -4.16. The van der Waals surface area contributed by atoms with Crippen molar-refractivity contribution in [3.05, 3.63) is 71.4 Å².